The summed E-state index contributed by atoms with van der Waals surface area (Å²) in [5.74, 6) is -0.0542. The number of fused-ring (bicyclic) bond motifs is 1. The first-order valence-corrected chi connectivity index (χ1v) is 5.51. The summed E-state index contributed by atoms with van der Waals surface area (Å²) in [4.78, 5) is 15.9. The highest BCUT2D eigenvalue weighted by atomic mass is 16.1. The Labute approximate surface area is 100 Å². The third-order valence-corrected chi connectivity index (χ3v) is 2.58. The molecular weight excluding hydrogens is 214 g/mol. The van der Waals surface area contributed by atoms with Crippen molar-refractivity contribution >= 4 is 22.5 Å². The van der Waals surface area contributed by atoms with Gasteiger partial charge in [0.1, 0.15) is 0 Å². The average Bonchev–Trinajstić information content (AvgIpc) is 2.34. The number of amides is 1. The van der Waals surface area contributed by atoms with Gasteiger partial charge in [-0.05, 0) is 37.7 Å². The first-order chi connectivity index (χ1) is 8.22. The molecule has 0 aliphatic heterocycles. The number of nitrogens with one attached hydrogen (secondary N) is 2. The van der Waals surface area contributed by atoms with Gasteiger partial charge in [0.15, 0.2) is 0 Å². The van der Waals surface area contributed by atoms with E-state index in [1.807, 2.05) is 31.2 Å². The summed E-state index contributed by atoms with van der Waals surface area (Å²) in [6.45, 7) is 2.31. The fourth-order valence-corrected chi connectivity index (χ4v) is 1.78. The van der Waals surface area contributed by atoms with Crippen molar-refractivity contribution in [2.75, 3.05) is 18.9 Å². The Morgan fingerprint density at radius 3 is 2.94 bits per heavy atom. The maximum absolute atomic E-state index is 11.5. The molecule has 1 aromatic heterocycles. The number of hydrogen-bond donors (Lipinski definition) is 2. The van der Waals surface area contributed by atoms with Gasteiger partial charge in [-0.3, -0.25) is 9.78 Å². The lowest BCUT2D eigenvalue weighted by Gasteiger charge is -2.09. The van der Waals surface area contributed by atoms with Gasteiger partial charge in [-0.25, -0.2) is 0 Å². The van der Waals surface area contributed by atoms with Crippen LogP contribution in [0.3, 0.4) is 0 Å². The molecule has 0 aliphatic rings. The van der Waals surface area contributed by atoms with Crippen LogP contribution in [0.2, 0.25) is 0 Å². The van der Waals surface area contributed by atoms with Gasteiger partial charge in [-0.15, -0.1) is 0 Å². The molecule has 1 amide bonds. The Morgan fingerprint density at radius 1 is 1.35 bits per heavy atom. The molecular formula is C13H15N3O. The molecule has 0 aliphatic carbocycles. The number of pyridine rings is 1. The fraction of sp³-hybridized carbons (Fsp3) is 0.231. The largest absolute Gasteiger partial charge is 0.324 e. The second kappa shape index (κ2) is 4.93. The average molecular weight is 229 g/mol. The number of nitrogens with zero attached hydrogens (tertiary/aromatic N) is 1. The normalized spacial score (nSPS) is 10.5. The van der Waals surface area contributed by atoms with Gasteiger partial charge in [-0.1, -0.05) is 6.07 Å². The summed E-state index contributed by atoms with van der Waals surface area (Å²) < 4.78 is 0. The molecule has 2 N–H and O–H groups in total. The van der Waals surface area contributed by atoms with Gasteiger partial charge in [-0.2, -0.15) is 0 Å². The van der Waals surface area contributed by atoms with E-state index in [4.69, 9.17) is 0 Å². The summed E-state index contributed by atoms with van der Waals surface area (Å²) >= 11 is 0. The highest BCUT2D eigenvalue weighted by Gasteiger charge is 2.06. The molecule has 0 saturated heterocycles. The lowest BCUT2D eigenvalue weighted by molar-refractivity contribution is -0.115. The zero-order valence-corrected chi connectivity index (χ0v) is 9.95. The van der Waals surface area contributed by atoms with Crippen LogP contribution in [-0.2, 0) is 4.79 Å². The number of benzene rings is 1. The summed E-state index contributed by atoms with van der Waals surface area (Å²) in [5.41, 5.74) is 2.83. The number of hydrogen-bond acceptors (Lipinski definition) is 3. The Morgan fingerprint density at radius 2 is 2.18 bits per heavy atom. The zero-order chi connectivity index (χ0) is 12.3. The highest BCUT2D eigenvalue weighted by molar-refractivity contribution is 6.02. The van der Waals surface area contributed by atoms with E-state index in [1.54, 1.807) is 13.2 Å². The number of carbonyl (C=O) groups is 1. The van der Waals surface area contributed by atoms with Gasteiger partial charge in [0.2, 0.25) is 5.91 Å². The Kier molecular flexibility index (Phi) is 3.35. The predicted molar refractivity (Wildman–Crippen MR) is 69.0 cm³/mol. The number of rotatable bonds is 3. The first-order valence-electron chi connectivity index (χ1n) is 5.51. The topological polar surface area (TPSA) is 54.0 Å². The van der Waals surface area contributed by atoms with Crippen molar-refractivity contribution in [2.24, 2.45) is 0 Å². The Balaban J connectivity index is 2.41. The van der Waals surface area contributed by atoms with Crippen molar-refractivity contribution in [1.29, 1.82) is 0 Å². The molecule has 17 heavy (non-hydrogen) atoms. The van der Waals surface area contributed by atoms with Gasteiger partial charge < -0.3 is 10.6 Å². The number of aryl methyl sites for hydroxylation is 1. The van der Waals surface area contributed by atoms with E-state index >= 15 is 0 Å². The summed E-state index contributed by atoms with van der Waals surface area (Å²) in [7, 11) is 1.74. The molecule has 4 nitrogen and oxygen atoms in total. The van der Waals surface area contributed by atoms with Crippen LogP contribution in [0.1, 0.15) is 5.56 Å². The predicted octanol–water partition coefficient (Wildman–Crippen LogP) is 1.70. The molecule has 2 rings (SSSR count). The zero-order valence-electron chi connectivity index (χ0n) is 9.95. The van der Waals surface area contributed by atoms with Gasteiger partial charge in [0, 0.05) is 11.6 Å². The van der Waals surface area contributed by atoms with Crippen molar-refractivity contribution in [3.8, 4) is 0 Å². The van der Waals surface area contributed by atoms with Crippen LogP contribution in [0.5, 0.6) is 0 Å². The van der Waals surface area contributed by atoms with Crippen molar-refractivity contribution in [2.45, 2.75) is 6.92 Å². The van der Waals surface area contributed by atoms with Crippen LogP contribution in [0.4, 0.5) is 5.69 Å². The second-order valence-electron chi connectivity index (χ2n) is 3.91. The molecule has 0 atom stereocenters. The van der Waals surface area contributed by atoms with E-state index in [0.29, 0.717) is 6.54 Å². The number of aromatic nitrogens is 1. The van der Waals surface area contributed by atoms with E-state index in [9.17, 15) is 4.79 Å². The molecule has 4 heteroatoms. The molecule has 0 unspecified atom stereocenters. The van der Waals surface area contributed by atoms with Crippen molar-refractivity contribution < 1.29 is 4.79 Å². The first kappa shape index (κ1) is 11.5. The van der Waals surface area contributed by atoms with Crippen LogP contribution < -0.4 is 10.6 Å². The minimum absolute atomic E-state index is 0.0542. The minimum atomic E-state index is -0.0542. The molecule has 0 radical (unpaired) electrons. The number of anilines is 1. The molecule has 0 bridgehead atoms. The lowest BCUT2D eigenvalue weighted by Crippen LogP contribution is -2.25. The van der Waals surface area contributed by atoms with Gasteiger partial charge in [0.05, 0.1) is 17.7 Å². The maximum Gasteiger partial charge on any atom is 0.238 e. The smallest absolute Gasteiger partial charge is 0.238 e. The molecule has 0 saturated carbocycles. The number of likely N-dealkylation sites (N-methyl/N-ethyl adjacent to an activating group) is 1. The van der Waals surface area contributed by atoms with Crippen LogP contribution in [0.25, 0.3) is 10.9 Å². The molecule has 0 spiro atoms. The van der Waals surface area contributed by atoms with Crippen molar-refractivity contribution in [3.63, 3.8) is 0 Å². The van der Waals surface area contributed by atoms with Crippen molar-refractivity contribution in [3.05, 3.63) is 36.0 Å². The quantitative estimate of drug-likeness (QED) is 0.842. The molecule has 2 aromatic rings. The van der Waals surface area contributed by atoms with Crippen LogP contribution in [0, 0.1) is 6.92 Å². The van der Waals surface area contributed by atoms with E-state index in [2.05, 4.69) is 15.6 Å². The Bertz CT molecular complexity index is 551. The summed E-state index contributed by atoms with van der Waals surface area (Å²) in [6, 6.07) is 7.71. The third-order valence-electron chi connectivity index (χ3n) is 2.58. The SMILES string of the molecule is CNCC(=O)Nc1ccc(C)c2ncccc12. The van der Waals surface area contributed by atoms with E-state index in [1.165, 1.54) is 0 Å². The third kappa shape index (κ3) is 2.42. The lowest BCUT2D eigenvalue weighted by atomic mass is 10.1. The second-order valence-corrected chi connectivity index (χ2v) is 3.91. The molecule has 1 heterocycles. The van der Waals surface area contributed by atoms with Crippen LogP contribution in [0.15, 0.2) is 30.5 Å². The number of carbonyl (C=O) groups excluding carboxylic acids is 1. The van der Waals surface area contributed by atoms with Gasteiger partial charge >= 0.3 is 0 Å². The molecule has 88 valence electrons. The fourth-order valence-electron chi connectivity index (χ4n) is 1.78. The minimum Gasteiger partial charge on any atom is -0.324 e. The standard InChI is InChI=1S/C13H15N3O/c1-9-5-6-11(16-12(17)8-14-2)10-4-3-7-15-13(9)10/h3-7,14H,8H2,1-2H3,(H,16,17). The monoisotopic (exact) mass is 229 g/mol. The van der Waals surface area contributed by atoms with E-state index in [0.717, 1.165) is 22.2 Å². The molecule has 0 fully saturated rings. The van der Waals surface area contributed by atoms with E-state index in [-0.39, 0.29) is 5.91 Å². The summed E-state index contributed by atoms with van der Waals surface area (Å²) in [5, 5.41) is 6.66. The molecule has 1 aromatic carbocycles. The van der Waals surface area contributed by atoms with Gasteiger partial charge in [0.25, 0.3) is 0 Å². The van der Waals surface area contributed by atoms with E-state index < -0.39 is 0 Å². The highest BCUT2D eigenvalue weighted by Crippen LogP contribution is 2.24. The van der Waals surface area contributed by atoms with Crippen LogP contribution in [-0.4, -0.2) is 24.5 Å². The Hall–Kier alpha value is -1.94. The maximum atomic E-state index is 11.5. The summed E-state index contributed by atoms with van der Waals surface area (Å²) in [6.07, 6.45) is 1.76. The van der Waals surface area contributed by atoms with Crippen LogP contribution >= 0.6 is 0 Å². The van der Waals surface area contributed by atoms with Crippen molar-refractivity contribution in [1.82, 2.24) is 10.3 Å².